The van der Waals surface area contributed by atoms with Gasteiger partial charge in [-0.1, -0.05) is 91.0 Å². The van der Waals surface area contributed by atoms with Gasteiger partial charge >= 0.3 is 12.1 Å². The smallest absolute Gasteiger partial charge is 0.416 e. The van der Waals surface area contributed by atoms with Gasteiger partial charge in [0.25, 0.3) is 0 Å². The van der Waals surface area contributed by atoms with Crippen molar-refractivity contribution in [1.29, 1.82) is 0 Å². The van der Waals surface area contributed by atoms with Gasteiger partial charge in [-0.25, -0.2) is 0 Å². The van der Waals surface area contributed by atoms with Crippen molar-refractivity contribution in [2.45, 2.75) is 25.6 Å². The van der Waals surface area contributed by atoms with E-state index < -0.39 is 17.7 Å². The topological polar surface area (TPSA) is 49.3 Å². The predicted octanol–water partition coefficient (Wildman–Crippen LogP) is 8.85. The number of benzene rings is 5. The number of halogens is 3. The first-order chi connectivity index (χ1) is 19.8. The van der Waals surface area contributed by atoms with Crippen LogP contribution in [0.2, 0.25) is 0 Å². The summed E-state index contributed by atoms with van der Waals surface area (Å²) < 4.78 is 41.9. The normalized spacial score (nSPS) is 12.1. The number of carboxylic acids is 1. The van der Waals surface area contributed by atoms with Crippen LogP contribution in [0.1, 0.15) is 27.8 Å². The van der Waals surface area contributed by atoms with E-state index in [0.717, 1.165) is 50.2 Å². The van der Waals surface area contributed by atoms with Crippen LogP contribution >= 0.6 is 0 Å². The molecule has 0 bridgehead atoms. The van der Waals surface area contributed by atoms with Gasteiger partial charge in [-0.3, -0.25) is 4.79 Å². The maximum Gasteiger partial charge on any atom is 0.416 e. The molecule has 204 valence electrons. The molecule has 0 unspecified atom stereocenters. The zero-order chi connectivity index (χ0) is 28.6. The van der Waals surface area contributed by atoms with E-state index in [1.54, 1.807) is 6.07 Å². The summed E-state index contributed by atoms with van der Waals surface area (Å²) in [5.41, 5.74) is 8.48. The minimum Gasteiger partial charge on any atom is -0.481 e. The molecular weight excluding hydrogens is 523 g/mol. The Bertz CT molecular complexity index is 1740. The molecule has 0 saturated carbocycles. The molecular formula is C35H26F3NO2. The molecule has 0 heterocycles. The summed E-state index contributed by atoms with van der Waals surface area (Å²) in [6.45, 7) is 0.535. The summed E-state index contributed by atoms with van der Waals surface area (Å²) in [6.07, 6.45) is -4.21. The molecule has 41 heavy (non-hydrogen) atoms. The fourth-order valence-corrected chi connectivity index (χ4v) is 5.66. The number of hydrogen-bond acceptors (Lipinski definition) is 2. The van der Waals surface area contributed by atoms with Crippen LogP contribution in [0, 0.1) is 0 Å². The third kappa shape index (κ3) is 5.33. The summed E-state index contributed by atoms with van der Waals surface area (Å²) in [5, 5.41) is 12.4. The average molecular weight is 550 g/mol. The van der Waals surface area contributed by atoms with E-state index >= 15 is 0 Å². The summed E-state index contributed by atoms with van der Waals surface area (Å²) in [6, 6.07) is 33.7. The quantitative estimate of drug-likeness (QED) is 0.209. The van der Waals surface area contributed by atoms with Gasteiger partial charge in [-0.15, -0.1) is 0 Å². The highest BCUT2D eigenvalue weighted by Crippen LogP contribution is 2.50. The Kier molecular flexibility index (Phi) is 6.83. The molecule has 0 spiro atoms. The van der Waals surface area contributed by atoms with E-state index in [1.807, 2.05) is 91.0 Å². The van der Waals surface area contributed by atoms with Gasteiger partial charge in [-0.2, -0.15) is 13.2 Å². The molecule has 3 nitrogen and oxygen atoms in total. The highest BCUT2D eigenvalue weighted by molar-refractivity contribution is 5.99. The van der Waals surface area contributed by atoms with Crippen molar-refractivity contribution in [1.82, 2.24) is 0 Å². The molecule has 0 fully saturated rings. The van der Waals surface area contributed by atoms with Crippen LogP contribution in [0.3, 0.4) is 0 Å². The van der Waals surface area contributed by atoms with Crippen LogP contribution in [0.15, 0.2) is 109 Å². The maximum absolute atomic E-state index is 14.0. The van der Waals surface area contributed by atoms with Crippen molar-refractivity contribution in [3.8, 4) is 33.4 Å². The monoisotopic (exact) mass is 549 g/mol. The van der Waals surface area contributed by atoms with Crippen LogP contribution in [-0.2, 0) is 30.4 Å². The molecule has 1 aliphatic rings. The van der Waals surface area contributed by atoms with Crippen molar-refractivity contribution in [2.24, 2.45) is 0 Å². The highest BCUT2D eigenvalue weighted by Gasteiger charge is 2.37. The van der Waals surface area contributed by atoms with Gasteiger partial charge in [0, 0.05) is 12.2 Å². The number of fused-ring (bicyclic) bond motifs is 3. The van der Waals surface area contributed by atoms with Gasteiger partial charge in [0.15, 0.2) is 0 Å². The van der Waals surface area contributed by atoms with Crippen molar-refractivity contribution in [3.63, 3.8) is 0 Å². The molecule has 0 aliphatic heterocycles. The van der Waals surface area contributed by atoms with E-state index in [-0.39, 0.29) is 12.8 Å². The molecule has 5 aromatic carbocycles. The summed E-state index contributed by atoms with van der Waals surface area (Å²) in [7, 11) is 0. The zero-order valence-corrected chi connectivity index (χ0v) is 22.0. The summed E-state index contributed by atoms with van der Waals surface area (Å²) in [4.78, 5) is 11.0. The second kappa shape index (κ2) is 10.6. The third-order valence-electron chi connectivity index (χ3n) is 7.52. The number of rotatable bonds is 7. The van der Waals surface area contributed by atoms with Crippen molar-refractivity contribution >= 4 is 11.7 Å². The number of alkyl halides is 3. The Labute approximate surface area is 235 Å². The molecule has 0 atom stereocenters. The van der Waals surface area contributed by atoms with Crippen LogP contribution in [0.4, 0.5) is 18.9 Å². The largest absolute Gasteiger partial charge is 0.481 e. The van der Waals surface area contributed by atoms with Crippen molar-refractivity contribution < 1.29 is 23.1 Å². The van der Waals surface area contributed by atoms with E-state index in [0.29, 0.717) is 17.7 Å². The highest BCUT2D eigenvalue weighted by atomic mass is 19.4. The van der Waals surface area contributed by atoms with Gasteiger partial charge in [0.2, 0.25) is 0 Å². The number of carboxylic acid groups (broad SMARTS) is 1. The lowest BCUT2D eigenvalue weighted by Gasteiger charge is -2.18. The van der Waals surface area contributed by atoms with Gasteiger partial charge < -0.3 is 10.4 Å². The molecule has 0 radical (unpaired) electrons. The first-order valence-electron chi connectivity index (χ1n) is 13.3. The zero-order valence-electron chi connectivity index (χ0n) is 22.0. The van der Waals surface area contributed by atoms with E-state index in [9.17, 15) is 18.0 Å². The molecule has 0 aromatic heterocycles. The number of aliphatic carboxylic acids is 1. The van der Waals surface area contributed by atoms with E-state index in [1.165, 1.54) is 12.1 Å². The Morgan fingerprint density at radius 1 is 0.732 bits per heavy atom. The van der Waals surface area contributed by atoms with E-state index in [2.05, 4.69) is 5.32 Å². The molecule has 0 saturated heterocycles. The van der Waals surface area contributed by atoms with Crippen LogP contribution in [0.5, 0.6) is 0 Å². The van der Waals surface area contributed by atoms with Crippen LogP contribution in [0.25, 0.3) is 33.4 Å². The molecule has 0 amide bonds. The molecule has 6 heteroatoms. The fourth-order valence-electron chi connectivity index (χ4n) is 5.66. The average Bonchev–Trinajstić information content (AvgIpc) is 3.35. The number of hydrogen-bond donors (Lipinski definition) is 2. The molecule has 2 N–H and O–H groups in total. The fraction of sp³-hybridized carbons (Fsp3) is 0.114. The minimum atomic E-state index is -4.43. The molecule has 1 aliphatic carbocycles. The Morgan fingerprint density at radius 3 is 2.17 bits per heavy atom. The minimum absolute atomic E-state index is 0.0194. The molecule has 5 aromatic rings. The number of nitrogens with one attached hydrogen (secondary N) is 1. The van der Waals surface area contributed by atoms with Gasteiger partial charge in [0.05, 0.1) is 12.0 Å². The van der Waals surface area contributed by atoms with Crippen LogP contribution < -0.4 is 5.32 Å². The molecule has 6 rings (SSSR count). The van der Waals surface area contributed by atoms with Crippen LogP contribution in [-0.4, -0.2) is 11.1 Å². The van der Waals surface area contributed by atoms with Gasteiger partial charge in [0.1, 0.15) is 0 Å². The summed E-state index contributed by atoms with van der Waals surface area (Å²) in [5.74, 6) is -0.868. The van der Waals surface area contributed by atoms with Gasteiger partial charge in [-0.05, 0) is 80.3 Å². The third-order valence-corrected chi connectivity index (χ3v) is 7.52. The Hall–Kier alpha value is -4.84. The SMILES string of the molecule is O=C(O)Cc1ccc(CNc2cccc(-c3c(-c4ccccc4)ccc4c3-c3cccc(C(F)(F)F)c3C4)c2)cc1. The lowest BCUT2D eigenvalue weighted by Crippen LogP contribution is -2.08. The second-order valence-corrected chi connectivity index (χ2v) is 10.2. The Morgan fingerprint density at radius 2 is 1.44 bits per heavy atom. The predicted molar refractivity (Wildman–Crippen MR) is 156 cm³/mol. The van der Waals surface area contributed by atoms with Crippen molar-refractivity contribution in [2.75, 3.05) is 5.32 Å². The maximum atomic E-state index is 14.0. The first-order valence-corrected chi connectivity index (χ1v) is 13.3. The lowest BCUT2D eigenvalue weighted by molar-refractivity contribution is -0.138. The number of anilines is 1. The number of carbonyl (C=O) groups is 1. The standard InChI is InChI=1S/C35H26F3NO2/c36-35(37,38)31-11-5-10-29-30(31)20-26-16-17-28(24-6-2-1-3-7-24)33(34(26)29)25-8-4-9-27(19-25)39-21-23-14-12-22(13-15-23)18-32(40)41/h1-17,19,39H,18,20-21H2,(H,40,41). The summed E-state index contributed by atoms with van der Waals surface area (Å²) >= 11 is 0. The lowest BCUT2D eigenvalue weighted by atomic mass is 9.87. The first kappa shape index (κ1) is 26.4. The van der Waals surface area contributed by atoms with E-state index in [4.69, 9.17) is 5.11 Å². The second-order valence-electron chi connectivity index (χ2n) is 10.2. The van der Waals surface area contributed by atoms with Crippen molar-refractivity contribution in [3.05, 3.63) is 137 Å². The Balaban J connectivity index is 1.42.